The Morgan fingerprint density at radius 3 is 2.57 bits per heavy atom. The van der Waals surface area contributed by atoms with Crippen LogP contribution in [0.25, 0.3) is 0 Å². The molecular weight excluding hydrogens is 364 g/mol. The fourth-order valence-electron chi connectivity index (χ4n) is 2.33. The quantitative estimate of drug-likeness (QED) is 0.819. The van der Waals surface area contributed by atoms with Crippen LogP contribution in [0.1, 0.15) is 31.1 Å². The van der Waals surface area contributed by atoms with E-state index in [0.29, 0.717) is 21.3 Å². The third kappa shape index (κ3) is 2.83. The summed E-state index contributed by atoms with van der Waals surface area (Å²) in [7, 11) is 0. The Kier molecular flexibility index (Phi) is 3.87. The predicted molar refractivity (Wildman–Crippen MR) is 83.9 cm³/mol. The van der Waals surface area contributed by atoms with Crippen LogP contribution in [0.3, 0.4) is 0 Å². The van der Waals surface area contributed by atoms with E-state index in [1.807, 2.05) is 0 Å². The first-order valence-electron chi connectivity index (χ1n) is 6.68. The van der Waals surface area contributed by atoms with Gasteiger partial charge in [-0.05, 0) is 35.9 Å². The molecule has 1 aliphatic rings. The van der Waals surface area contributed by atoms with Gasteiger partial charge in [-0.2, -0.15) is 0 Å². The number of aromatic carboxylic acids is 1. The third-order valence-electron chi connectivity index (χ3n) is 3.47. The lowest BCUT2D eigenvalue weighted by molar-refractivity contribution is -0.255. The van der Waals surface area contributed by atoms with Crippen molar-refractivity contribution in [1.29, 1.82) is 0 Å². The van der Waals surface area contributed by atoms with Gasteiger partial charge in [-0.25, -0.2) is 0 Å². The van der Waals surface area contributed by atoms with Crippen LogP contribution in [0.2, 0.25) is 0 Å². The SMILES string of the molecule is O=C([O-])c1cccc(NCN2C(=O)c3ccc(Br)cc3C2=O)c1. The van der Waals surface area contributed by atoms with Crippen molar-refractivity contribution in [2.24, 2.45) is 0 Å². The van der Waals surface area contributed by atoms with Crippen LogP contribution in [0.4, 0.5) is 5.69 Å². The molecule has 0 saturated heterocycles. The van der Waals surface area contributed by atoms with E-state index < -0.39 is 11.9 Å². The van der Waals surface area contributed by atoms with E-state index in [-0.39, 0.29) is 18.1 Å². The van der Waals surface area contributed by atoms with Crippen LogP contribution in [-0.4, -0.2) is 29.4 Å². The summed E-state index contributed by atoms with van der Waals surface area (Å²) in [5.74, 6) is -2.07. The molecule has 2 amide bonds. The van der Waals surface area contributed by atoms with Gasteiger partial charge in [0, 0.05) is 10.2 Å². The predicted octanol–water partition coefficient (Wildman–Crippen LogP) is 1.48. The van der Waals surface area contributed by atoms with Crippen LogP contribution < -0.4 is 10.4 Å². The molecule has 0 saturated carbocycles. The monoisotopic (exact) mass is 373 g/mol. The molecule has 23 heavy (non-hydrogen) atoms. The van der Waals surface area contributed by atoms with Crippen molar-refractivity contribution < 1.29 is 19.5 Å². The first-order valence-corrected chi connectivity index (χ1v) is 7.47. The van der Waals surface area contributed by atoms with Crippen LogP contribution in [0, 0.1) is 0 Å². The molecule has 7 heteroatoms. The molecule has 2 aromatic carbocycles. The summed E-state index contributed by atoms with van der Waals surface area (Å²) >= 11 is 3.27. The lowest BCUT2D eigenvalue weighted by Gasteiger charge is -2.16. The first kappa shape index (κ1) is 15.2. The standard InChI is InChI=1S/C16H11BrN2O4/c17-10-4-5-12-13(7-10)15(21)19(14(12)20)8-18-11-3-1-2-9(6-11)16(22)23/h1-7,18H,8H2,(H,22,23)/p-1. The molecule has 0 unspecified atom stereocenters. The maximum Gasteiger partial charge on any atom is 0.263 e. The number of hydrogen-bond acceptors (Lipinski definition) is 5. The van der Waals surface area contributed by atoms with Crippen molar-refractivity contribution >= 4 is 39.4 Å². The Balaban J connectivity index is 1.77. The van der Waals surface area contributed by atoms with E-state index in [9.17, 15) is 19.5 Å². The Hall–Kier alpha value is -2.67. The largest absolute Gasteiger partial charge is 0.545 e. The highest BCUT2D eigenvalue weighted by molar-refractivity contribution is 9.10. The van der Waals surface area contributed by atoms with Gasteiger partial charge in [0.2, 0.25) is 0 Å². The Morgan fingerprint density at radius 1 is 1.09 bits per heavy atom. The second-order valence-corrected chi connectivity index (χ2v) is 5.85. The molecule has 1 N–H and O–H groups in total. The number of nitrogens with one attached hydrogen (secondary N) is 1. The minimum Gasteiger partial charge on any atom is -0.545 e. The highest BCUT2D eigenvalue weighted by Gasteiger charge is 2.35. The smallest absolute Gasteiger partial charge is 0.263 e. The van der Waals surface area contributed by atoms with Crippen molar-refractivity contribution in [2.75, 3.05) is 12.0 Å². The summed E-state index contributed by atoms with van der Waals surface area (Å²) in [5.41, 5.74) is 1.18. The summed E-state index contributed by atoms with van der Waals surface area (Å²) in [4.78, 5) is 36.5. The third-order valence-corrected chi connectivity index (χ3v) is 3.97. The molecule has 0 fully saturated rings. The lowest BCUT2D eigenvalue weighted by Crippen LogP contribution is -2.34. The molecule has 0 aliphatic carbocycles. The summed E-state index contributed by atoms with van der Waals surface area (Å²) in [5, 5.41) is 13.7. The van der Waals surface area contributed by atoms with Crippen LogP contribution in [0.5, 0.6) is 0 Å². The van der Waals surface area contributed by atoms with E-state index in [1.165, 1.54) is 12.1 Å². The van der Waals surface area contributed by atoms with Crippen molar-refractivity contribution in [3.8, 4) is 0 Å². The number of benzene rings is 2. The Bertz CT molecular complexity index is 835. The topological polar surface area (TPSA) is 89.5 Å². The number of carboxylic acids is 1. The fourth-order valence-corrected chi connectivity index (χ4v) is 2.69. The second-order valence-electron chi connectivity index (χ2n) is 4.93. The highest BCUT2D eigenvalue weighted by Crippen LogP contribution is 2.26. The van der Waals surface area contributed by atoms with Crippen molar-refractivity contribution in [2.45, 2.75) is 0 Å². The van der Waals surface area contributed by atoms with E-state index in [0.717, 1.165) is 4.90 Å². The molecule has 3 rings (SSSR count). The molecular formula is C16H10BrN2O4-. The molecule has 2 aromatic rings. The number of carboxylic acid groups (broad SMARTS) is 1. The van der Waals surface area contributed by atoms with E-state index in [2.05, 4.69) is 21.2 Å². The Labute approximate surface area is 139 Å². The number of amides is 2. The number of anilines is 1. The highest BCUT2D eigenvalue weighted by atomic mass is 79.9. The molecule has 0 atom stereocenters. The molecule has 6 nitrogen and oxygen atoms in total. The van der Waals surface area contributed by atoms with E-state index in [4.69, 9.17) is 0 Å². The summed E-state index contributed by atoms with van der Waals surface area (Å²) in [6.45, 7) is -0.0551. The zero-order valence-corrected chi connectivity index (χ0v) is 13.3. The zero-order chi connectivity index (χ0) is 16.6. The van der Waals surface area contributed by atoms with Crippen LogP contribution >= 0.6 is 15.9 Å². The zero-order valence-electron chi connectivity index (χ0n) is 11.7. The molecule has 1 heterocycles. The molecule has 0 aromatic heterocycles. The number of carbonyl (C=O) groups is 3. The van der Waals surface area contributed by atoms with Crippen LogP contribution in [-0.2, 0) is 0 Å². The van der Waals surface area contributed by atoms with Crippen molar-refractivity contribution in [3.05, 3.63) is 63.6 Å². The minimum atomic E-state index is -1.29. The first-order chi connectivity index (χ1) is 11.0. The molecule has 0 spiro atoms. The van der Waals surface area contributed by atoms with Crippen molar-refractivity contribution in [3.63, 3.8) is 0 Å². The maximum atomic E-state index is 12.3. The summed E-state index contributed by atoms with van der Waals surface area (Å²) in [6.07, 6.45) is 0. The molecule has 0 bridgehead atoms. The number of fused-ring (bicyclic) bond motifs is 1. The summed E-state index contributed by atoms with van der Waals surface area (Å²) in [6, 6.07) is 10.9. The number of imide groups is 1. The van der Waals surface area contributed by atoms with Crippen LogP contribution in [0.15, 0.2) is 46.9 Å². The Morgan fingerprint density at radius 2 is 1.83 bits per heavy atom. The normalized spacial score (nSPS) is 13.2. The average molecular weight is 374 g/mol. The number of carbonyl (C=O) groups excluding carboxylic acids is 3. The second kappa shape index (κ2) is 5.85. The number of rotatable bonds is 4. The van der Waals surface area contributed by atoms with Crippen molar-refractivity contribution in [1.82, 2.24) is 4.90 Å². The molecule has 116 valence electrons. The molecule has 0 radical (unpaired) electrons. The fraction of sp³-hybridized carbons (Fsp3) is 0.0625. The minimum absolute atomic E-state index is 0.0151. The van der Waals surface area contributed by atoms with Gasteiger partial charge in [-0.1, -0.05) is 28.1 Å². The molecule has 1 aliphatic heterocycles. The number of hydrogen-bond donors (Lipinski definition) is 1. The summed E-state index contributed by atoms with van der Waals surface area (Å²) < 4.78 is 0.717. The van der Waals surface area contributed by atoms with E-state index >= 15 is 0 Å². The van der Waals surface area contributed by atoms with E-state index in [1.54, 1.807) is 30.3 Å². The van der Waals surface area contributed by atoms with Gasteiger partial charge >= 0.3 is 0 Å². The van der Waals surface area contributed by atoms with Gasteiger partial charge < -0.3 is 15.2 Å². The maximum absolute atomic E-state index is 12.3. The number of halogens is 1. The van der Waals surface area contributed by atoms with Gasteiger partial charge in [-0.3, -0.25) is 14.5 Å². The van der Waals surface area contributed by atoms with Gasteiger partial charge in [0.05, 0.1) is 23.8 Å². The van der Waals surface area contributed by atoms with Gasteiger partial charge in [-0.15, -0.1) is 0 Å². The lowest BCUT2D eigenvalue weighted by atomic mass is 10.1. The average Bonchev–Trinajstić information content (AvgIpc) is 2.76. The number of nitrogens with zero attached hydrogens (tertiary/aromatic N) is 1. The van der Waals surface area contributed by atoms with Gasteiger partial charge in [0.25, 0.3) is 11.8 Å². The van der Waals surface area contributed by atoms with Gasteiger partial charge in [0.15, 0.2) is 0 Å². The van der Waals surface area contributed by atoms with Gasteiger partial charge in [0.1, 0.15) is 0 Å².